The summed E-state index contributed by atoms with van der Waals surface area (Å²) in [5, 5.41) is 18.8. The second-order valence-electron chi connectivity index (χ2n) is 4.32. The van der Waals surface area contributed by atoms with Crippen LogP contribution in [0.4, 0.5) is 5.82 Å². The fraction of sp³-hybridized carbons (Fsp3) is 0.500. The number of aliphatic hydroxyl groups is 1. The number of aromatic carboxylic acids is 1. The maximum Gasteiger partial charge on any atom is 0.339 e. The highest BCUT2D eigenvalue weighted by molar-refractivity contribution is 5.93. The van der Waals surface area contributed by atoms with Gasteiger partial charge in [0.2, 0.25) is 0 Å². The summed E-state index contributed by atoms with van der Waals surface area (Å²) < 4.78 is 0. The van der Waals surface area contributed by atoms with Crippen LogP contribution in [0.15, 0.2) is 18.3 Å². The number of carbonyl (C=O) groups is 1. The smallest absolute Gasteiger partial charge is 0.339 e. The lowest BCUT2D eigenvalue weighted by Gasteiger charge is -2.28. The van der Waals surface area contributed by atoms with Gasteiger partial charge in [0.1, 0.15) is 11.4 Å². The molecule has 5 nitrogen and oxygen atoms in total. The van der Waals surface area contributed by atoms with E-state index in [1.807, 2.05) is 4.90 Å². The van der Waals surface area contributed by atoms with E-state index < -0.39 is 12.1 Å². The van der Waals surface area contributed by atoms with Crippen LogP contribution in [0.25, 0.3) is 0 Å². The van der Waals surface area contributed by atoms with Crippen LogP contribution in [-0.4, -0.2) is 39.9 Å². The molecule has 2 atom stereocenters. The number of aliphatic hydroxyl groups excluding tert-OH is 1. The first-order valence-electron chi connectivity index (χ1n) is 5.74. The maximum atomic E-state index is 11.1. The molecule has 1 aromatic rings. The van der Waals surface area contributed by atoms with Crippen molar-refractivity contribution in [3.8, 4) is 0 Å². The molecule has 2 heterocycles. The number of aromatic nitrogens is 1. The van der Waals surface area contributed by atoms with Gasteiger partial charge in [-0.1, -0.05) is 0 Å². The van der Waals surface area contributed by atoms with Gasteiger partial charge in [-0.05, 0) is 31.9 Å². The summed E-state index contributed by atoms with van der Waals surface area (Å²) in [7, 11) is 0. The molecule has 0 unspecified atom stereocenters. The predicted octanol–water partition coefficient (Wildman–Crippen LogP) is 1.13. The summed E-state index contributed by atoms with van der Waals surface area (Å²) in [4.78, 5) is 17.2. The molecule has 92 valence electrons. The van der Waals surface area contributed by atoms with E-state index in [4.69, 9.17) is 5.11 Å². The minimum atomic E-state index is -0.982. The highest BCUT2D eigenvalue weighted by atomic mass is 16.4. The van der Waals surface area contributed by atoms with E-state index in [2.05, 4.69) is 4.98 Å². The Hall–Kier alpha value is -1.62. The van der Waals surface area contributed by atoms with Crippen molar-refractivity contribution in [2.24, 2.45) is 0 Å². The highest BCUT2D eigenvalue weighted by Gasteiger charge is 2.31. The summed E-state index contributed by atoms with van der Waals surface area (Å²) in [6.45, 7) is 2.47. The molecule has 1 aliphatic rings. The summed E-state index contributed by atoms with van der Waals surface area (Å²) in [6, 6.07) is 3.12. The zero-order valence-corrected chi connectivity index (χ0v) is 9.71. The number of rotatable bonds is 3. The third kappa shape index (κ3) is 2.24. The Balaban J connectivity index is 2.36. The average Bonchev–Trinajstić information content (AvgIpc) is 2.77. The first-order chi connectivity index (χ1) is 8.11. The van der Waals surface area contributed by atoms with Gasteiger partial charge < -0.3 is 15.1 Å². The lowest BCUT2D eigenvalue weighted by Crippen LogP contribution is -2.38. The van der Waals surface area contributed by atoms with E-state index in [9.17, 15) is 9.90 Å². The van der Waals surface area contributed by atoms with E-state index in [1.54, 1.807) is 25.3 Å². The van der Waals surface area contributed by atoms with Crippen LogP contribution in [0.5, 0.6) is 0 Å². The van der Waals surface area contributed by atoms with Crippen LogP contribution < -0.4 is 4.90 Å². The van der Waals surface area contributed by atoms with Crippen molar-refractivity contribution in [3.05, 3.63) is 23.9 Å². The summed E-state index contributed by atoms with van der Waals surface area (Å²) >= 11 is 0. The molecule has 2 rings (SSSR count). The van der Waals surface area contributed by atoms with Gasteiger partial charge in [0.25, 0.3) is 0 Å². The molecule has 0 saturated carbocycles. The van der Waals surface area contributed by atoms with Crippen molar-refractivity contribution in [3.63, 3.8) is 0 Å². The van der Waals surface area contributed by atoms with Crippen molar-refractivity contribution in [1.29, 1.82) is 0 Å². The van der Waals surface area contributed by atoms with Crippen molar-refractivity contribution in [1.82, 2.24) is 4.98 Å². The fourth-order valence-corrected chi connectivity index (χ4v) is 2.35. The molecular formula is C12H16N2O3. The molecule has 2 N–H and O–H groups in total. The first kappa shape index (κ1) is 11.9. The Morgan fingerprint density at radius 3 is 3.06 bits per heavy atom. The molecule has 0 radical (unpaired) electrons. The van der Waals surface area contributed by atoms with Gasteiger partial charge in [0, 0.05) is 12.7 Å². The quantitative estimate of drug-likeness (QED) is 0.823. The lowest BCUT2D eigenvalue weighted by atomic mass is 10.1. The number of carboxylic acid groups (broad SMARTS) is 1. The fourth-order valence-electron chi connectivity index (χ4n) is 2.35. The zero-order valence-electron chi connectivity index (χ0n) is 9.71. The Labute approximate surface area is 99.7 Å². The topological polar surface area (TPSA) is 73.7 Å². The molecule has 0 spiro atoms. The molecule has 1 aromatic heterocycles. The van der Waals surface area contributed by atoms with Gasteiger partial charge in [0.15, 0.2) is 0 Å². The molecule has 0 bridgehead atoms. The number of hydrogen-bond acceptors (Lipinski definition) is 4. The van der Waals surface area contributed by atoms with Crippen LogP contribution in [0.3, 0.4) is 0 Å². The molecule has 17 heavy (non-hydrogen) atoms. The summed E-state index contributed by atoms with van der Waals surface area (Å²) in [5.41, 5.74) is 0.194. The minimum absolute atomic E-state index is 0.0389. The SMILES string of the molecule is C[C@@H](O)[C@H]1CCCN1c1ncccc1C(=O)O. The number of pyridine rings is 1. The second kappa shape index (κ2) is 4.71. The molecule has 5 heteroatoms. The van der Waals surface area contributed by atoms with Crippen LogP contribution in [0.2, 0.25) is 0 Å². The zero-order chi connectivity index (χ0) is 12.4. The first-order valence-corrected chi connectivity index (χ1v) is 5.74. The van der Waals surface area contributed by atoms with Gasteiger partial charge in [-0.15, -0.1) is 0 Å². The van der Waals surface area contributed by atoms with Crippen LogP contribution >= 0.6 is 0 Å². The average molecular weight is 236 g/mol. The number of nitrogens with zero attached hydrogens (tertiary/aromatic N) is 2. The van der Waals surface area contributed by atoms with Gasteiger partial charge in [0.05, 0.1) is 12.1 Å². The number of hydrogen-bond donors (Lipinski definition) is 2. The van der Waals surface area contributed by atoms with E-state index in [0.29, 0.717) is 5.82 Å². The minimum Gasteiger partial charge on any atom is -0.478 e. The second-order valence-corrected chi connectivity index (χ2v) is 4.32. The molecule has 0 aromatic carbocycles. The predicted molar refractivity (Wildman–Crippen MR) is 63.2 cm³/mol. The Kier molecular flexibility index (Phi) is 3.28. The monoisotopic (exact) mass is 236 g/mol. The molecule has 0 aliphatic carbocycles. The van der Waals surface area contributed by atoms with E-state index in [0.717, 1.165) is 19.4 Å². The molecule has 1 fully saturated rings. The Morgan fingerprint density at radius 1 is 1.65 bits per heavy atom. The van der Waals surface area contributed by atoms with Crippen molar-refractivity contribution in [2.75, 3.05) is 11.4 Å². The summed E-state index contributed by atoms with van der Waals surface area (Å²) in [5.74, 6) is -0.521. The third-order valence-electron chi connectivity index (χ3n) is 3.15. The number of anilines is 1. The standard InChI is InChI=1S/C12H16N2O3/c1-8(15)10-5-3-7-14(10)11-9(12(16)17)4-2-6-13-11/h2,4,6,8,10,15H,3,5,7H2,1H3,(H,16,17)/t8-,10-/m1/s1. The summed E-state index contributed by atoms with van der Waals surface area (Å²) in [6.07, 6.45) is 2.92. The van der Waals surface area contributed by atoms with Crippen molar-refractivity contribution in [2.45, 2.75) is 31.9 Å². The molecule has 0 amide bonds. The van der Waals surface area contributed by atoms with Crippen LogP contribution in [0.1, 0.15) is 30.1 Å². The van der Waals surface area contributed by atoms with Crippen LogP contribution in [-0.2, 0) is 0 Å². The van der Waals surface area contributed by atoms with Crippen LogP contribution in [0, 0.1) is 0 Å². The van der Waals surface area contributed by atoms with Gasteiger partial charge in [-0.2, -0.15) is 0 Å². The van der Waals surface area contributed by atoms with Crippen molar-refractivity contribution >= 4 is 11.8 Å². The van der Waals surface area contributed by atoms with E-state index in [1.165, 1.54) is 0 Å². The van der Waals surface area contributed by atoms with Crippen molar-refractivity contribution < 1.29 is 15.0 Å². The van der Waals surface area contributed by atoms with E-state index in [-0.39, 0.29) is 11.6 Å². The lowest BCUT2D eigenvalue weighted by molar-refractivity contribution is 0.0696. The molecule has 1 aliphatic heterocycles. The van der Waals surface area contributed by atoms with E-state index >= 15 is 0 Å². The van der Waals surface area contributed by atoms with Gasteiger partial charge in [-0.3, -0.25) is 0 Å². The van der Waals surface area contributed by atoms with Gasteiger partial charge >= 0.3 is 5.97 Å². The third-order valence-corrected chi connectivity index (χ3v) is 3.15. The number of carboxylic acids is 1. The Morgan fingerprint density at radius 2 is 2.41 bits per heavy atom. The largest absolute Gasteiger partial charge is 0.478 e. The maximum absolute atomic E-state index is 11.1. The van der Waals surface area contributed by atoms with Gasteiger partial charge in [-0.25, -0.2) is 9.78 Å². The highest BCUT2D eigenvalue weighted by Crippen LogP contribution is 2.28. The normalized spacial score (nSPS) is 21.5. The molecular weight excluding hydrogens is 220 g/mol. The Bertz CT molecular complexity index is 420. The molecule has 1 saturated heterocycles.